The largest absolute Gasteiger partial charge is 0.481 e. The van der Waals surface area contributed by atoms with E-state index in [0.29, 0.717) is 12.1 Å². The van der Waals surface area contributed by atoms with E-state index < -0.39 is 47.6 Å². The molecule has 0 aromatic heterocycles. The first-order chi connectivity index (χ1) is 9.15. The Kier molecular flexibility index (Phi) is 4.49. The lowest BCUT2D eigenvalue weighted by Gasteiger charge is -2.16. The van der Waals surface area contributed by atoms with Crippen LogP contribution in [0.2, 0.25) is 0 Å². The Labute approximate surface area is 109 Å². The highest BCUT2D eigenvalue weighted by molar-refractivity contribution is 5.72. The van der Waals surface area contributed by atoms with Gasteiger partial charge in [-0.2, -0.15) is 27.2 Å². The van der Waals surface area contributed by atoms with Gasteiger partial charge in [0.1, 0.15) is 5.75 Å². The Morgan fingerprint density at radius 3 is 2.40 bits per heavy atom. The van der Waals surface area contributed by atoms with Gasteiger partial charge >= 0.3 is 18.8 Å². The predicted octanol–water partition coefficient (Wildman–Crippen LogP) is 2.81. The van der Waals surface area contributed by atoms with E-state index in [1.165, 1.54) is 6.07 Å². The van der Waals surface area contributed by atoms with Crippen LogP contribution in [0, 0.1) is 11.3 Å². The summed E-state index contributed by atoms with van der Waals surface area (Å²) in [6, 6.07) is 2.39. The molecule has 0 heterocycles. The molecule has 0 aliphatic carbocycles. The van der Waals surface area contributed by atoms with Crippen molar-refractivity contribution in [1.82, 2.24) is 0 Å². The maximum absolute atomic E-state index is 12.8. The first-order valence-corrected chi connectivity index (χ1v) is 4.96. The van der Waals surface area contributed by atoms with Crippen LogP contribution in [0.25, 0.3) is 0 Å². The van der Waals surface area contributed by atoms with Gasteiger partial charge in [0, 0.05) is 5.56 Å². The number of halogens is 5. The van der Waals surface area contributed by atoms with Crippen LogP contribution >= 0.6 is 0 Å². The van der Waals surface area contributed by atoms with E-state index in [2.05, 4.69) is 4.74 Å². The Balaban J connectivity index is 3.54. The molecule has 0 bridgehead atoms. The summed E-state index contributed by atoms with van der Waals surface area (Å²) in [6.45, 7) is -3.45. The second-order valence-corrected chi connectivity index (χ2v) is 3.56. The third kappa shape index (κ3) is 3.81. The number of benzene rings is 1. The van der Waals surface area contributed by atoms with Crippen molar-refractivity contribution >= 4 is 5.97 Å². The number of carbonyl (C=O) groups is 1. The van der Waals surface area contributed by atoms with Crippen LogP contribution in [-0.2, 0) is 17.4 Å². The molecular weight excluding hydrogens is 289 g/mol. The van der Waals surface area contributed by atoms with E-state index in [1.807, 2.05) is 0 Å². The quantitative estimate of drug-likeness (QED) is 0.867. The Bertz CT molecular complexity index is 562. The summed E-state index contributed by atoms with van der Waals surface area (Å²) >= 11 is 0. The lowest BCUT2D eigenvalue weighted by Crippen LogP contribution is -2.16. The second kappa shape index (κ2) is 5.73. The summed E-state index contributed by atoms with van der Waals surface area (Å²) < 4.78 is 66.6. The van der Waals surface area contributed by atoms with E-state index in [0.717, 1.165) is 0 Å². The molecule has 0 atom stereocenters. The van der Waals surface area contributed by atoms with Crippen molar-refractivity contribution in [2.75, 3.05) is 0 Å². The summed E-state index contributed by atoms with van der Waals surface area (Å²) in [4.78, 5) is 10.6. The lowest BCUT2D eigenvalue weighted by atomic mass is 10.00. The minimum absolute atomic E-state index is 0.386. The maximum Gasteiger partial charge on any atom is 0.416 e. The van der Waals surface area contributed by atoms with Crippen LogP contribution in [0.4, 0.5) is 22.0 Å². The number of aliphatic carboxylic acids is 1. The van der Waals surface area contributed by atoms with E-state index in [-0.39, 0.29) is 0 Å². The molecule has 4 nitrogen and oxygen atoms in total. The number of carboxylic acid groups (broad SMARTS) is 1. The molecule has 0 saturated carbocycles. The van der Waals surface area contributed by atoms with Gasteiger partial charge in [-0.1, -0.05) is 0 Å². The van der Waals surface area contributed by atoms with Crippen LogP contribution in [0.5, 0.6) is 5.75 Å². The van der Waals surface area contributed by atoms with Crippen LogP contribution in [-0.4, -0.2) is 17.7 Å². The lowest BCUT2D eigenvalue weighted by molar-refractivity contribution is -0.140. The summed E-state index contributed by atoms with van der Waals surface area (Å²) in [5, 5.41) is 17.1. The number of alkyl halides is 5. The summed E-state index contributed by atoms with van der Waals surface area (Å²) in [6.07, 6.45) is -6.17. The molecule has 0 unspecified atom stereocenters. The van der Waals surface area contributed by atoms with E-state index >= 15 is 0 Å². The van der Waals surface area contributed by atoms with Crippen LogP contribution in [0.1, 0.15) is 16.7 Å². The van der Waals surface area contributed by atoms with Gasteiger partial charge in [-0.25, -0.2) is 0 Å². The van der Waals surface area contributed by atoms with Gasteiger partial charge < -0.3 is 9.84 Å². The molecule has 0 fully saturated rings. The average molecular weight is 295 g/mol. The van der Waals surface area contributed by atoms with Crippen molar-refractivity contribution in [3.8, 4) is 11.8 Å². The van der Waals surface area contributed by atoms with Crippen molar-refractivity contribution in [2.24, 2.45) is 0 Å². The highest BCUT2D eigenvalue weighted by atomic mass is 19.4. The molecule has 1 N–H and O–H groups in total. The van der Waals surface area contributed by atoms with Gasteiger partial charge in [0.2, 0.25) is 0 Å². The topological polar surface area (TPSA) is 70.3 Å². The normalized spacial score (nSPS) is 11.2. The molecular formula is C11H6F5NO3. The fourth-order valence-corrected chi connectivity index (χ4v) is 1.50. The fourth-order valence-electron chi connectivity index (χ4n) is 1.50. The molecule has 1 aromatic carbocycles. The molecule has 0 saturated heterocycles. The molecule has 0 spiro atoms. The molecule has 0 aliphatic rings. The van der Waals surface area contributed by atoms with E-state index in [4.69, 9.17) is 10.4 Å². The predicted molar refractivity (Wildman–Crippen MR) is 54.1 cm³/mol. The molecule has 0 radical (unpaired) electrons. The van der Waals surface area contributed by atoms with Gasteiger partial charge in [0.05, 0.1) is 23.6 Å². The number of carboxylic acids is 1. The standard InChI is InChI=1S/C11H6F5NO3/c12-10(13)20-8-2-5(4-17)1-7(11(14,15)16)6(8)3-9(18)19/h1-2,10H,3H2,(H,18,19). The van der Waals surface area contributed by atoms with Crippen LogP contribution < -0.4 is 4.74 Å². The minimum atomic E-state index is -5.00. The third-order valence-electron chi connectivity index (χ3n) is 2.19. The first kappa shape index (κ1) is 15.7. The van der Waals surface area contributed by atoms with Crippen LogP contribution in [0.3, 0.4) is 0 Å². The van der Waals surface area contributed by atoms with E-state index in [9.17, 15) is 26.7 Å². The zero-order valence-corrected chi connectivity index (χ0v) is 9.54. The molecule has 1 rings (SSSR count). The maximum atomic E-state index is 12.8. The van der Waals surface area contributed by atoms with E-state index in [1.54, 1.807) is 0 Å². The Hall–Kier alpha value is -2.37. The van der Waals surface area contributed by atoms with Crippen LogP contribution in [0.15, 0.2) is 12.1 Å². The molecule has 9 heteroatoms. The molecule has 0 amide bonds. The monoisotopic (exact) mass is 295 g/mol. The Morgan fingerprint density at radius 1 is 1.40 bits per heavy atom. The molecule has 1 aromatic rings. The molecule has 108 valence electrons. The number of rotatable bonds is 4. The summed E-state index contributed by atoms with van der Waals surface area (Å²) in [5.41, 5.74) is -3.01. The van der Waals surface area contributed by atoms with Crippen molar-refractivity contribution in [1.29, 1.82) is 5.26 Å². The average Bonchev–Trinajstić information content (AvgIpc) is 2.28. The zero-order chi connectivity index (χ0) is 15.5. The van der Waals surface area contributed by atoms with Gasteiger partial charge in [-0.15, -0.1) is 0 Å². The smallest absolute Gasteiger partial charge is 0.416 e. The van der Waals surface area contributed by atoms with Crippen molar-refractivity contribution < 1.29 is 36.6 Å². The fraction of sp³-hybridized carbons (Fsp3) is 0.273. The molecule has 0 aliphatic heterocycles. The SMILES string of the molecule is N#Cc1cc(OC(F)F)c(CC(=O)O)c(C(F)(F)F)c1. The van der Waals surface area contributed by atoms with Gasteiger partial charge in [-0.05, 0) is 12.1 Å². The highest BCUT2D eigenvalue weighted by Gasteiger charge is 2.36. The summed E-state index contributed by atoms with van der Waals surface area (Å²) in [5.74, 6) is -2.63. The van der Waals surface area contributed by atoms with Crippen molar-refractivity contribution in [3.63, 3.8) is 0 Å². The number of ether oxygens (including phenoxy) is 1. The second-order valence-electron chi connectivity index (χ2n) is 3.56. The first-order valence-electron chi connectivity index (χ1n) is 4.96. The number of hydrogen-bond donors (Lipinski definition) is 1. The highest BCUT2D eigenvalue weighted by Crippen LogP contribution is 2.38. The minimum Gasteiger partial charge on any atom is -0.481 e. The van der Waals surface area contributed by atoms with Gasteiger partial charge in [0.15, 0.2) is 0 Å². The number of nitriles is 1. The zero-order valence-electron chi connectivity index (χ0n) is 9.54. The number of nitrogens with zero attached hydrogens (tertiary/aromatic N) is 1. The molecule has 20 heavy (non-hydrogen) atoms. The van der Waals surface area contributed by atoms with Gasteiger partial charge in [0.25, 0.3) is 0 Å². The summed E-state index contributed by atoms with van der Waals surface area (Å²) in [7, 11) is 0. The van der Waals surface area contributed by atoms with Gasteiger partial charge in [-0.3, -0.25) is 4.79 Å². The Morgan fingerprint density at radius 2 is 2.00 bits per heavy atom. The third-order valence-corrected chi connectivity index (χ3v) is 2.19. The van der Waals surface area contributed by atoms with Crippen molar-refractivity contribution in [3.05, 3.63) is 28.8 Å². The number of hydrogen-bond acceptors (Lipinski definition) is 3. The van der Waals surface area contributed by atoms with Crippen molar-refractivity contribution in [2.45, 2.75) is 19.2 Å².